The number of phenols is 2. The number of benzene rings is 5. The Morgan fingerprint density at radius 2 is 1.40 bits per heavy atom. The fourth-order valence-corrected chi connectivity index (χ4v) is 7.49. The molecule has 0 aromatic heterocycles. The second-order valence-electron chi connectivity index (χ2n) is 15.8. The molecule has 6 radical (unpaired) electrons. The largest absolute Gasteiger partial charge is 0.509 e. The van der Waals surface area contributed by atoms with E-state index in [4.69, 9.17) is 15.7 Å². The average Bonchev–Trinajstić information content (AvgIpc) is 3.40. The minimum atomic E-state index is -0.205. The van der Waals surface area contributed by atoms with Crippen LogP contribution in [-0.2, 0) is 17.3 Å². The molecule has 5 aromatic carbocycles. The second-order valence-corrected chi connectivity index (χ2v) is 15.8. The summed E-state index contributed by atoms with van der Waals surface area (Å²) in [6.07, 6.45) is 12.4. The van der Waals surface area contributed by atoms with E-state index in [0.717, 1.165) is 28.9 Å². The van der Waals surface area contributed by atoms with E-state index >= 15 is 0 Å². The molecule has 0 spiro atoms. The molecule has 1 unspecified atom stereocenters. The first kappa shape index (κ1) is 42.9. The maximum Gasteiger partial charge on any atom is 0.132 e. The Hall–Kier alpha value is -4.83. The summed E-state index contributed by atoms with van der Waals surface area (Å²) in [7, 11) is 17.0. The first-order valence-corrected chi connectivity index (χ1v) is 19.4. The third-order valence-electron chi connectivity index (χ3n) is 10.3. The Morgan fingerprint density at radius 1 is 0.764 bits per heavy atom. The molecule has 55 heavy (non-hydrogen) atoms. The highest BCUT2D eigenvalue weighted by atomic mass is 16.3. The molecule has 278 valence electrons. The number of fused-ring (bicyclic) bond motifs is 1. The van der Waals surface area contributed by atoms with Crippen molar-refractivity contribution >= 4 is 63.7 Å². The number of phenolic OH excluding ortho intramolecular Hbond substituents is 2. The number of nitrogens with zero attached hydrogens (tertiary/aromatic N) is 1. The van der Waals surface area contributed by atoms with Crippen LogP contribution in [-0.4, -0.2) is 33.8 Å². The zero-order chi connectivity index (χ0) is 40.5. The normalized spacial score (nSPS) is 13.4. The van der Waals surface area contributed by atoms with Gasteiger partial charge in [0.1, 0.15) is 27.2 Å². The van der Waals surface area contributed by atoms with Crippen molar-refractivity contribution in [3.63, 3.8) is 0 Å². The number of para-hydroxylation sites is 1. The summed E-state index contributed by atoms with van der Waals surface area (Å²) in [5, 5.41) is 24.1. The van der Waals surface area contributed by atoms with E-state index in [-0.39, 0.29) is 39.4 Å². The van der Waals surface area contributed by atoms with Gasteiger partial charge in [-0.3, -0.25) is 0 Å². The molecule has 0 bridgehead atoms. The van der Waals surface area contributed by atoms with Crippen LogP contribution >= 0.6 is 0 Å². The predicted molar refractivity (Wildman–Crippen MR) is 241 cm³/mol. The van der Waals surface area contributed by atoms with Gasteiger partial charge in [0.15, 0.2) is 0 Å². The lowest BCUT2D eigenvalue weighted by Gasteiger charge is -2.34. The summed E-state index contributed by atoms with van der Waals surface area (Å²) in [6, 6.07) is 32.7. The standard InChI is InChI=1S/C34H31B2NO2.C14H22.CH3B/c1-21-9-7-10-23-11-8-12-24(19-26(21)23)22-15-17-25(18-16-22)37(29-14-6-5-13-27(29)34(2,3)4)32-31(36)30(38)20-28(35)33(32)39;1-5-11-14(3,4)13-10-8-7-9-12(13)6-2;1-2/h5-20,24,38-39H,1-4H3;7-10H,5-6,11H2,1-4H3;1H3. The molecule has 0 heterocycles. The van der Waals surface area contributed by atoms with Crippen molar-refractivity contribution < 1.29 is 10.2 Å². The van der Waals surface area contributed by atoms with Gasteiger partial charge in [0.2, 0.25) is 0 Å². The van der Waals surface area contributed by atoms with E-state index in [0.29, 0.717) is 5.41 Å². The first-order valence-electron chi connectivity index (χ1n) is 19.4. The molecular weight excluding hydrogens is 667 g/mol. The van der Waals surface area contributed by atoms with Gasteiger partial charge in [0.25, 0.3) is 0 Å². The molecule has 1 aliphatic rings. The molecule has 0 saturated heterocycles. The van der Waals surface area contributed by atoms with E-state index in [1.54, 1.807) is 0 Å². The van der Waals surface area contributed by atoms with E-state index in [9.17, 15) is 10.2 Å². The molecule has 6 rings (SSSR count). The number of hydrogen-bond donors (Lipinski definition) is 2. The van der Waals surface area contributed by atoms with Crippen LogP contribution < -0.4 is 26.3 Å². The quantitative estimate of drug-likeness (QED) is 0.124. The van der Waals surface area contributed by atoms with Gasteiger partial charge in [-0.1, -0.05) is 164 Å². The third kappa shape index (κ3) is 9.89. The SMILES string of the molecule is CCCC(C)(C)c1ccccc1CC.[B]C.[B]c1cc(O)c([B])c(N(c2ccc(C3C=CC=c4cccc(C)c4=C3)cc2)c2ccccc2C(C)(C)C)c1O. The number of rotatable bonds is 8. The molecule has 0 aliphatic heterocycles. The third-order valence-corrected chi connectivity index (χ3v) is 10.3. The van der Waals surface area contributed by atoms with Crippen molar-refractivity contribution in [3.8, 4) is 11.5 Å². The number of anilines is 3. The van der Waals surface area contributed by atoms with Crippen LogP contribution in [0.2, 0.25) is 6.82 Å². The summed E-state index contributed by atoms with van der Waals surface area (Å²) >= 11 is 0. The Labute approximate surface area is 334 Å². The Balaban J connectivity index is 0.000000354. The zero-order valence-corrected chi connectivity index (χ0v) is 34.3. The van der Waals surface area contributed by atoms with Crippen LogP contribution in [0, 0.1) is 6.92 Å². The smallest absolute Gasteiger partial charge is 0.132 e. The van der Waals surface area contributed by atoms with Crippen LogP contribution in [0.15, 0.2) is 109 Å². The first-order chi connectivity index (χ1) is 26.2. The molecule has 2 N–H and O–H groups in total. The van der Waals surface area contributed by atoms with Gasteiger partial charge < -0.3 is 15.1 Å². The monoisotopic (exact) mass is 723 g/mol. The van der Waals surface area contributed by atoms with Crippen LogP contribution in [0.3, 0.4) is 0 Å². The van der Waals surface area contributed by atoms with Crippen molar-refractivity contribution in [2.24, 2.45) is 0 Å². The summed E-state index contributed by atoms with van der Waals surface area (Å²) < 4.78 is 0. The average molecular weight is 723 g/mol. The summed E-state index contributed by atoms with van der Waals surface area (Å²) in [4.78, 5) is 1.88. The lowest BCUT2D eigenvalue weighted by molar-refractivity contribution is 0.468. The molecule has 0 amide bonds. The zero-order valence-electron chi connectivity index (χ0n) is 34.3. The molecule has 6 heteroatoms. The summed E-state index contributed by atoms with van der Waals surface area (Å²) in [5.41, 5.74) is 8.57. The van der Waals surface area contributed by atoms with Gasteiger partial charge in [0, 0.05) is 17.3 Å². The second kappa shape index (κ2) is 18.7. The molecule has 5 aromatic rings. The molecule has 0 fully saturated rings. The molecule has 1 atom stereocenters. The Kier molecular flexibility index (Phi) is 14.6. The van der Waals surface area contributed by atoms with Crippen LogP contribution in [0.5, 0.6) is 11.5 Å². The van der Waals surface area contributed by atoms with Crippen molar-refractivity contribution in [1.29, 1.82) is 0 Å². The Bertz CT molecular complexity index is 2190. The van der Waals surface area contributed by atoms with E-state index in [1.807, 2.05) is 35.2 Å². The van der Waals surface area contributed by atoms with Gasteiger partial charge >= 0.3 is 0 Å². The van der Waals surface area contributed by atoms with Crippen LogP contribution in [0.4, 0.5) is 17.1 Å². The number of aromatic hydroxyl groups is 2. The molecule has 1 aliphatic carbocycles. The number of hydrogen-bond acceptors (Lipinski definition) is 3. The van der Waals surface area contributed by atoms with Gasteiger partial charge in [-0.25, -0.2) is 0 Å². The van der Waals surface area contributed by atoms with Gasteiger partial charge in [-0.15, -0.1) is 0 Å². The number of aryl methyl sites for hydroxylation is 2. The van der Waals surface area contributed by atoms with Crippen LogP contribution in [0.25, 0.3) is 12.2 Å². The number of allylic oxidation sites excluding steroid dienone is 2. The minimum Gasteiger partial charge on any atom is -0.509 e. The van der Waals surface area contributed by atoms with E-state index in [1.165, 1.54) is 52.9 Å². The highest BCUT2D eigenvalue weighted by molar-refractivity contribution is 6.42. The summed E-state index contributed by atoms with van der Waals surface area (Å²) in [5.74, 6) is -0.262. The molecular formula is C49H56B3NO2. The fourth-order valence-electron chi connectivity index (χ4n) is 7.49. The molecule has 3 nitrogen and oxygen atoms in total. The summed E-state index contributed by atoms with van der Waals surface area (Å²) in [6.45, 7) is 19.2. The van der Waals surface area contributed by atoms with Gasteiger partial charge in [0.05, 0.1) is 13.5 Å². The maximum atomic E-state index is 11.1. The van der Waals surface area contributed by atoms with E-state index in [2.05, 4.69) is 148 Å². The van der Waals surface area contributed by atoms with Gasteiger partial charge in [-0.2, -0.15) is 0 Å². The van der Waals surface area contributed by atoms with Crippen molar-refractivity contribution in [2.45, 2.75) is 98.2 Å². The predicted octanol–water partition coefficient (Wildman–Crippen LogP) is 9.21. The van der Waals surface area contributed by atoms with Crippen LogP contribution in [0.1, 0.15) is 95.0 Å². The van der Waals surface area contributed by atoms with Gasteiger partial charge in [-0.05, 0) is 98.6 Å². The lowest BCUT2D eigenvalue weighted by atomic mass is 9.78. The maximum absolute atomic E-state index is 11.1. The molecule has 0 saturated carbocycles. The van der Waals surface area contributed by atoms with E-state index < -0.39 is 0 Å². The topological polar surface area (TPSA) is 43.7 Å². The van der Waals surface area contributed by atoms with Crippen molar-refractivity contribution in [2.75, 3.05) is 4.90 Å². The van der Waals surface area contributed by atoms with Crippen molar-refractivity contribution in [1.82, 2.24) is 0 Å². The highest BCUT2D eigenvalue weighted by Gasteiger charge is 2.27. The Morgan fingerprint density at radius 3 is 2.04 bits per heavy atom. The highest BCUT2D eigenvalue weighted by Crippen LogP contribution is 2.43. The fraction of sp³-hybridized carbons (Fsp3) is 0.306. The minimum absolute atomic E-state index is 0.0510. The lowest BCUT2D eigenvalue weighted by Crippen LogP contribution is -2.26. The van der Waals surface area contributed by atoms with Crippen molar-refractivity contribution in [3.05, 3.63) is 147 Å².